The Morgan fingerprint density at radius 2 is 1.82 bits per heavy atom. The van der Waals surface area contributed by atoms with Crippen molar-refractivity contribution < 1.29 is 24.0 Å². The lowest BCUT2D eigenvalue weighted by Gasteiger charge is -2.38. The summed E-state index contributed by atoms with van der Waals surface area (Å²) in [5.41, 5.74) is 8.64. The number of carbonyl (C=O) groups is 5. The summed E-state index contributed by atoms with van der Waals surface area (Å²) in [4.78, 5) is 71.7. The van der Waals surface area contributed by atoms with Gasteiger partial charge in [0, 0.05) is 95.1 Å². The van der Waals surface area contributed by atoms with E-state index in [1.807, 2.05) is 24.3 Å². The molecular formula is C43H45N7O5. The molecule has 1 unspecified atom stereocenters. The molecule has 0 spiro atoms. The zero-order chi connectivity index (χ0) is 38.6. The molecule has 1 atom stereocenters. The van der Waals surface area contributed by atoms with E-state index in [0.717, 1.165) is 82.6 Å². The molecule has 282 valence electrons. The Morgan fingerprint density at radius 3 is 2.56 bits per heavy atom. The lowest BCUT2D eigenvalue weighted by atomic mass is 9.70. The van der Waals surface area contributed by atoms with E-state index in [-0.39, 0.29) is 36.0 Å². The van der Waals surface area contributed by atoms with Crippen LogP contribution in [0.5, 0.6) is 0 Å². The van der Waals surface area contributed by atoms with Gasteiger partial charge in [0.15, 0.2) is 5.78 Å². The van der Waals surface area contributed by atoms with Gasteiger partial charge in [0.05, 0.1) is 17.2 Å². The van der Waals surface area contributed by atoms with Crippen molar-refractivity contribution in [1.82, 2.24) is 20.5 Å². The van der Waals surface area contributed by atoms with Crippen LogP contribution in [-0.2, 0) is 32.8 Å². The summed E-state index contributed by atoms with van der Waals surface area (Å²) in [5, 5.41) is 19.3. The minimum atomic E-state index is -0.666. The molecule has 2 fully saturated rings. The summed E-state index contributed by atoms with van der Waals surface area (Å²) >= 11 is 0. The smallest absolute Gasteiger partial charge is 0.255 e. The van der Waals surface area contributed by atoms with Gasteiger partial charge in [-0.15, -0.1) is 0 Å². The minimum absolute atomic E-state index is 0.0112. The van der Waals surface area contributed by atoms with E-state index >= 15 is 0 Å². The van der Waals surface area contributed by atoms with E-state index in [0.29, 0.717) is 49.0 Å². The van der Waals surface area contributed by atoms with Crippen molar-refractivity contribution in [3.05, 3.63) is 93.2 Å². The monoisotopic (exact) mass is 739 g/mol. The minimum Gasteiger partial charge on any atom is -0.385 e. The summed E-state index contributed by atoms with van der Waals surface area (Å²) in [6, 6.07) is 16.8. The molecule has 55 heavy (non-hydrogen) atoms. The summed E-state index contributed by atoms with van der Waals surface area (Å²) in [6.45, 7) is 8.83. The highest BCUT2D eigenvalue weighted by molar-refractivity contribution is 6.20. The number of imide groups is 1. The third-order valence-corrected chi connectivity index (χ3v) is 12.0. The first-order valence-corrected chi connectivity index (χ1v) is 19.3. The summed E-state index contributed by atoms with van der Waals surface area (Å²) in [6.07, 6.45) is 3.91. The van der Waals surface area contributed by atoms with Crippen molar-refractivity contribution in [2.75, 3.05) is 29.9 Å². The summed E-state index contributed by atoms with van der Waals surface area (Å²) < 4.78 is 0. The second-order valence-corrected chi connectivity index (χ2v) is 15.7. The Hall–Kier alpha value is -5.96. The van der Waals surface area contributed by atoms with Gasteiger partial charge in [0.1, 0.15) is 6.04 Å². The first kappa shape index (κ1) is 36.0. The number of anilines is 2. The fraction of sp³-hybridized carbons (Fsp3) is 0.395. The Labute approximate surface area is 319 Å². The number of H-pyrrole nitrogens is 1. The van der Waals surface area contributed by atoms with E-state index in [4.69, 9.17) is 0 Å². The van der Waals surface area contributed by atoms with Gasteiger partial charge in [-0.25, -0.2) is 0 Å². The number of ketones is 1. The highest BCUT2D eigenvalue weighted by atomic mass is 16.2. The number of rotatable bonds is 9. The van der Waals surface area contributed by atoms with Gasteiger partial charge < -0.3 is 25.4 Å². The molecule has 3 aromatic carbocycles. The molecule has 12 nitrogen and oxygen atoms in total. The number of benzene rings is 3. The van der Waals surface area contributed by atoms with Crippen molar-refractivity contribution in [3.8, 4) is 6.07 Å². The zero-order valence-corrected chi connectivity index (χ0v) is 31.4. The number of aryl methyl sites for hydroxylation is 1. The van der Waals surface area contributed by atoms with Crippen molar-refractivity contribution in [2.24, 2.45) is 0 Å². The lowest BCUT2D eigenvalue weighted by Crippen LogP contribution is -2.52. The molecule has 4 amide bonds. The highest BCUT2D eigenvalue weighted by Crippen LogP contribution is 2.46. The van der Waals surface area contributed by atoms with Crippen molar-refractivity contribution in [2.45, 2.75) is 89.8 Å². The molecular weight excluding hydrogens is 695 g/mol. The summed E-state index contributed by atoms with van der Waals surface area (Å²) in [7, 11) is 0. The summed E-state index contributed by atoms with van der Waals surface area (Å²) in [5.74, 6) is -0.936. The molecule has 4 aromatic rings. The standard InChI is InChI=1S/C43H45N7O5/c1-4-25-20-29-31(43(2,3)40-38(39(29)53)28-11-10-24(22-44)19-33(28)47-40)21-35(25)49-17-14-26(15-18-49)46-36(51)9-6-16-45-32-8-5-7-27-30(32)23-50(42(27)55)34-12-13-37(52)48-41(34)54/h5,7-8,10-11,19-21,26,34,45,47H,4,6,9,12-18,23H2,1-3H3,(H,46,51)(H,48,52,54). The molecule has 12 heteroatoms. The molecule has 2 saturated heterocycles. The van der Waals surface area contributed by atoms with E-state index in [1.165, 1.54) is 0 Å². The number of nitriles is 1. The fourth-order valence-electron chi connectivity index (χ4n) is 8.94. The van der Waals surface area contributed by atoms with Gasteiger partial charge in [-0.2, -0.15) is 5.26 Å². The van der Waals surface area contributed by atoms with Crippen molar-refractivity contribution in [1.29, 1.82) is 5.26 Å². The van der Waals surface area contributed by atoms with Crippen molar-refractivity contribution >= 4 is 51.7 Å². The van der Waals surface area contributed by atoms with Crippen LogP contribution >= 0.6 is 0 Å². The molecule has 3 aliphatic heterocycles. The maximum atomic E-state index is 14.1. The molecule has 0 bridgehead atoms. The fourth-order valence-corrected chi connectivity index (χ4v) is 8.94. The average molecular weight is 740 g/mol. The number of hydrogen-bond donors (Lipinski definition) is 4. The highest BCUT2D eigenvalue weighted by Gasteiger charge is 2.42. The number of fused-ring (bicyclic) bond motifs is 5. The Bertz CT molecular complexity index is 2330. The number of nitrogens with zero attached hydrogens (tertiary/aromatic N) is 3. The molecule has 1 aliphatic carbocycles. The number of carbonyl (C=O) groups excluding carboxylic acids is 5. The van der Waals surface area contributed by atoms with Crippen LogP contribution in [0.4, 0.5) is 11.4 Å². The van der Waals surface area contributed by atoms with Crippen LogP contribution in [0.2, 0.25) is 0 Å². The molecule has 8 rings (SSSR count). The number of amides is 4. The van der Waals surface area contributed by atoms with Gasteiger partial charge in [0.25, 0.3) is 5.91 Å². The number of piperidine rings is 2. The predicted octanol–water partition coefficient (Wildman–Crippen LogP) is 5.21. The molecule has 0 radical (unpaired) electrons. The lowest BCUT2D eigenvalue weighted by molar-refractivity contribution is -0.137. The number of aromatic nitrogens is 1. The first-order valence-electron chi connectivity index (χ1n) is 19.3. The van der Waals surface area contributed by atoms with E-state index < -0.39 is 17.4 Å². The van der Waals surface area contributed by atoms with Gasteiger partial charge in [-0.1, -0.05) is 32.9 Å². The normalized spacial score (nSPS) is 19.1. The Morgan fingerprint density at radius 1 is 1.02 bits per heavy atom. The van der Waals surface area contributed by atoms with Crippen LogP contribution in [0.1, 0.15) is 114 Å². The van der Waals surface area contributed by atoms with Gasteiger partial charge in [-0.05, 0) is 79.6 Å². The number of nitrogens with one attached hydrogen (secondary N) is 4. The maximum Gasteiger partial charge on any atom is 0.255 e. The van der Waals surface area contributed by atoms with Crippen LogP contribution < -0.4 is 20.9 Å². The van der Waals surface area contributed by atoms with E-state index in [2.05, 4.69) is 64.8 Å². The van der Waals surface area contributed by atoms with E-state index in [9.17, 15) is 29.2 Å². The quantitative estimate of drug-likeness (QED) is 0.134. The zero-order valence-electron chi connectivity index (χ0n) is 31.4. The Kier molecular flexibility index (Phi) is 9.19. The Balaban J connectivity index is 0.862. The van der Waals surface area contributed by atoms with Gasteiger partial charge >= 0.3 is 0 Å². The third kappa shape index (κ3) is 6.31. The van der Waals surface area contributed by atoms with Crippen LogP contribution in [0.15, 0.2) is 48.5 Å². The van der Waals surface area contributed by atoms with Gasteiger partial charge in [-0.3, -0.25) is 29.3 Å². The number of hydrogen-bond acceptors (Lipinski definition) is 8. The van der Waals surface area contributed by atoms with Crippen LogP contribution in [0, 0.1) is 11.3 Å². The SMILES string of the molecule is CCc1cc2c(cc1N1CCC(NC(=O)CCCNc3cccc4c3CN(C3CCC(=O)NC3=O)C4=O)CC1)C(C)(C)c1[nH]c3cc(C#N)ccc3c1C2=O. The second kappa shape index (κ2) is 14.0. The van der Waals surface area contributed by atoms with Crippen LogP contribution in [0.3, 0.4) is 0 Å². The van der Waals surface area contributed by atoms with Gasteiger partial charge in [0.2, 0.25) is 17.7 Å². The maximum absolute atomic E-state index is 14.1. The largest absolute Gasteiger partial charge is 0.385 e. The number of aromatic amines is 1. The first-order chi connectivity index (χ1) is 26.5. The van der Waals surface area contributed by atoms with Crippen LogP contribution in [0.25, 0.3) is 10.9 Å². The van der Waals surface area contributed by atoms with Crippen LogP contribution in [-0.4, -0.2) is 71.0 Å². The molecule has 4 heterocycles. The molecule has 4 aliphatic rings. The average Bonchev–Trinajstić information content (AvgIpc) is 3.74. The van der Waals surface area contributed by atoms with Crippen molar-refractivity contribution in [3.63, 3.8) is 0 Å². The third-order valence-electron chi connectivity index (χ3n) is 12.0. The predicted molar refractivity (Wildman–Crippen MR) is 208 cm³/mol. The second-order valence-electron chi connectivity index (χ2n) is 15.7. The molecule has 4 N–H and O–H groups in total. The topological polar surface area (TPSA) is 167 Å². The molecule has 1 aromatic heterocycles. The molecule has 0 saturated carbocycles. The van der Waals surface area contributed by atoms with E-state index in [1.54, 1.807) is 17.0 Å².